The van der Waals surface area contributed by atoms with E-state index >= 15 is 0 Å². The van der Waals surface area contributed by atoms with Gasteiger partial charge in [0.15, 0.2) is 0 Å². The van der Waals surface area contributed by atoms with Gasteiger partial charge in [-0.3, -0.25) is 9.59 Å². The van der Waals surface area contributed by atoms with Gasteiger partial charge in [-0.05, 0) is 31.9 Å². The van der Waals surface area contributed by atoms with Gasteiger partial charge in [0.1, 0.15) is 12.4 Å². The average Bonchev–Trinajstić information content (AvgIpc) is 2.95. The molecule has 2 rings (SSSR count). The van der Waals surface area contributed by atoms with Gasteiger partial charge in [0.2, 0.25) is 5.91 Å². The van der Waals surface area contributed by atoms with Crippen molar-refractivity contribution in [1.29, 1.82) is 0 Å². The Bertz CT molecular complexity index is 775. The van der Waals surface area contributed by atoms with Crippen LogP contribution in [0.4, 0.5) is 0 Å². The summed E-state index contributed by atoms with van der Waals surface area (Å²) in [6.45, 7) is 8.80. The molecule has 1 aromatic heterocycles. The Morgan fingerprint density at radius 1 is 1.15 bits per heavy atom. The minimum atomic E-state index is -0.349. The van der Waals surface area contributed by atoms with Gasteiger partial charge in [-0.2, -0.15) is 0 Å². The third-order valence-electron chi connectivity index (χ3n) is 4.37. The van der Waals surface area contributed by atoms with Crippen molar-refractivity contribution < 1.29 is 14.3 Å². The highest BCUT2D eigenvalue weighted by Gasteiger charge is 2.20. The van der Waals surface area contributed by atoms with Gasteiger partial charge in [-0.1, -0.05) is 39.3 Å². The number of nitrogens with zero attached hydrogens (tertiary/aromatic N) is 2. The number of nitrogens with one attached hydrogen (secondary N) is 1. The molecule has 0 aliphatic carbocycles. The van der Waals surface area contributed by atoms with Crippen molar-refractivity contribution in [3.63, 3.8) is 0 Å². The Labute approximate surface area is 161 Å². The number of hydrogen-bond acceptors (Lipinski definition) is 4. The molecule has 0 unspecified atom stereocenters. The zero-order chi connectivity index (χ0) is 19.9. The monoisotopic (exact) mass is 373 g/mol. The number of aromatic nitrogens is 2. The van der Waals surface area contributed by atoms with E-state index in [1.807, 2.05) is 56.5 Å². The van der Waals surface area contributed by atoms with Crippen molar-refractivity contribution in [2.24, 2.45) is 5.41 Å². The number of esters is 1. The first kappa shape index (κ1) is 20.9. The number of amides is 1. The highest BCUT2D eigenvalue weighted by Crippen LogP contribution is 2.18. The molecule has 0 bridgehead atoms. The summed E-state index contributed by atoms with van der Waals surface area (Å²) in [4.78, 5) is 28.5. The number of imidazole rings is 1. The number of aryl methyl sites for hydroxylation is 1. The highest BCUT2D eigenvalue weighted by atomic mass is 16.5. The summed E-state index contributed by atoms with van der Waals surface area (Å²) in [6.07, 6.45) is 3.67. The van der Waals surface area contributed by atoms with E-state index < -0.39 is 0 Å². The summed E-state index contributed by atoms with van der Waals surface area (Å²) in [6, 6.07) is 7.84. The van der Waals surface area contributed by atoms with E-state index in [2.05, 4.69) is 10.3 Å². The summed E-state index contributed by atoms with van der Waals surface area (Å²) in [5, 5.41) is 2.97. The topological polar surface area (TPSA) is 73.2 Å². The van der Waals surface area contributed by atoms with Gasteiger partial charge in [0, 0.05) is 18.4 Å². The summed E-state index contributed by atoms with van der Waals surface area (Å²) < 4.78 is 7.05. The second-order valence-electron chi connectivity index (χ2n) is 7.72. The average molecular weight is 373 g/mol. The van der Waals surface area contributed by atoms with E-state index in [4.69, 9.17) is 4.74 Å². The lowest BCUT2D eigenvalue weighted by Crippen LogP contribution is -2.35. The van der Waals surface area contributed by atoms with Crippen molar-refractivity contribution in [2.45, 2.75) is 59.9 Å². The lowest BCUT2D eigenvalue weighted by Gasteiger charge is -2.17. The molecule has 1 aromatic carbocycles. The van der Waals surface area contributed by atoms with Crippen LogP contribution in [0.25, 0.3) is 11.0 Å². The second kappa shape index (κ2) is 9.53. The van der Waals surface area contributed by atoms with Gasteiger partial charge in [0.05, 0.1) is 17.6 Å². The molecule has 0 aliphatic heterocycles. The van der Waals surface area contributed by atoms with E-state index in [1.165, 1.54) is 0 Å². The molecule has 0 saturated carbocycles. The summed E-state index contributed by atoms with van der Waals surface area (Å²) >= 11 is 0. The normalized spacial score (nSPS) is 11.6. The lowest BCUT2D eigenvalue weighted by molar-refractivity contribution is -0.143. The molecular weight excluding hydrogens is 342 g/mol. The van der Waals surface area contributed by atoms with Gasteiger partial charge in [-0.25, -0.2) is 4.98 Å². The number of fused-ring (bicyclic) bond motifs is 1. The van der Waals surface area contributed by atoms with Crippen molar-refractivity contribution >= 4 is 22.9 Å². The van der Waals surface area contributed by atoms with Gasteiger partial charge >= 0.3 is 5.97 Å². The van der Waals surface area contributed by atoms with Crippen LogP contribution in [0.1, 0.15) is 52.8 Å². The van der Waals surface area contributed by atoms with E-state index in [0.29, 0.717) is 13.2 Å². The molecule has 0 radical (unpaired) electrons. The molecule has 148 valence electrons. The maximum Gasteiger partial charge on any atom is 0.326 e. The molecular formula is C21H31N3O3. The zero-order valence-corrected chi connectivity index (χ0v) is 16.9. The minimum Gasteiger partial charge on any atom is -0.465 e. The van der Waals surface area contributed by atoms with Crippen LogP contribution < -0.4 is 5.32 Å². The number of benzene rings is 1. The maximum atomic E-state index is 12.0. The second-order valence-corrected chi connectivity index (χ2v) is 7.72. The fraction of sp³-hybridized carbons (Fsp3) is 0.571. The fourth-order valence-corrected chi connectivity index (χ4v) is 2.88. The zero-order valence-electron chi connectivity index (χ0n) is 16.9. The SMILES string of the molecule is CCOC(=O)Cn1c(CCCCCNC(=O)C(C)(C)C)nc2ccccc21. The molecule has 0 aliphatic rings. The number of carbonyl (C=O) groups is 2. The van der Waals surface area contributed by atoms with Crippen LogP contribution in [0.2, 0.25) is 0 Å². The third kappa shape index (κ3) is 6.08. The molecule has 0 fully saturated rings. The van der Waals surface area contributed by atoms with Gasteiger partial charge in [0.25, 0.3) is 0 Å². The Balaban J connectivity index is 1.90. The van der Waals surface area contributed by atoms with Crippen LogP contribution in [0.15, 0.2) is 24.3 Å². The van der Waals surface area contributed by atoms with E-state index in [9.17, 15) is 9.59 Å². The number of unbranched alkanes of at least 4 members (excludes halogenated alkanes) is 2. The molecule has 0 atom stereocenters. The van der Waals surface area contributed by atoms with Crippen LogP contribution >= 0.6 is 0 Å². The molecule has 0 saturated heterocycles. The molecule has 2 aromatic rings. The summed E-state index contributed by atoms with van der Waals surface area (Å²) in [5.74, 6) is 0.744. The van der Waals surface area contributed by atoms with Crippen LogP contribution in [-0.4, -0.2) is 34.6 Å². The van der Waals surface area contributed by atoms with E-state index in [-0.39, 0.29) is 23.8 Å². The predicted molar refractivity (Wildman–Crippen MR) is 106 cm³/mol. The standard InChI is InChI=1S/C21H31N3O3/c1-5-27-19(25)15-24-17-12-9-8-11-16(17)23-18(24)13-7-6-10-14-22-20(26)21(2,3)4/h8-9,11-12H,5-7,10,13-15H2,1-4H3,(H,22,26). The first-order valence-corrected chi connectivity index (χ1v) is 9.71. The van der Waals surface area contributed by atoms with Crippen LogP contribution in [0.3, 0.4) is 0 Å². The molecule has 0 spiro atoms. The van der Waals surface area contributed by atoms with E-state index in [1.54, 1.807) is 0 Å². The molecule has 6 heteroatoms. The molecule has 1 N–H and O–H groups in total. The molecule has 1 heterocycles. The Hall–Kier alpha value is -2.37. The fourth-order valence-electron chi connectivity index (χ4n) is 2.88. The Morgan fingerprint density at radius 3 is 2.59 bits per heavy atom. The van der Waals surface area contributed by atoms with Crippen molar-refractivity contribution in [3.05, 3.63) is 30.1 Å². The maximum absolute atomic E-state index is 12.0. The molecule has 1 amide bonds. The van der Waals surface area contributed by atoms with Crippen LogP contribution in [-0.2, 0) is 27.3 Å². The number of rotatable bonds is 9. The smallest absolute Gasteiger partial charge is 0.326 e. The summed E-state index contributed by atoms with van der Waals surface area (Å²) in [5.41, 5.74) is 1.50. The van der Waals surface area contributed by atoms with Crippen molar-refractivity contribution in [1.82, 2.24) is 14.9 Å². The molecule has 6 nitrogen and oxygen atoms in total. The number of carbonyl (C=O) groups excluding carboxylic acids is 2. The summed E-state index contributed by atoms with van der Waals surface area (Å²) in [7, 11) is 0. The third-order valence-corrected chi connectivity index (χ3v) is 4.37. The van der Waals surface area contributed by atoms with E-state index in [0.717, 1.165) is 42.5 Å². The Kier molecular flexibility index (Phi) is 7.39. The van der Waals surface area contributed by atoms with Crippen molar-refractivity contribution in [3.8, 4) is 0 Å². The minimum absolute atomic E-state index is 0.0822. The lowest BCUT2D eigenvalue weighted by atomic mass is 9.96. The van der Waals surface area contributed by atoms with Crippen LogP contribution in [0, 0.1) is 5.41 Å². The first-order valence-electron chi connectivity index (χ1n) is 9.71. The number of ether oxygens (including phenoxy) is 1. The Morgan fingerprint density at radius 2 is 1.89 bits per heavy atom. The quantitative estimate of drug-likeness (QED) is 0.539. The van der Waals surface area contributed by atoms with Gasteiger partial charge in [-0.15, -0.1) is 0 Å². The predicted octanol–water partition coefficient (Wildman–Crippen LogP) is 3.47. The van der Waals surface area contributed by atoms with Gasteiger partial charge < -0.3 is 14.6 Å². The first-order chi connectivity index (χ1) is 12.8. The number of para-hydroxylation sites is 2. The van der Waals surface area contributed by atoms with Crippen LogP contribution in [0.5, 0.6) is 0 Å². The molecule has 27 heavy (non-hydrogen) atoms. The highest BCUT2D eigenvalue weighted by molar-refractivity contribution is 5.81. The van der Waals surface area contributed by atoms with Crippen molar-refractivity contribution in [2.75, 3.05) is 13.2 Å². The largest absolute Gasteiger partial charge is 0.465 e. The number of hydrogen-bond donors (Lipinski definition) is 1.